The lowest BCUT2D eigenvalue weighted by atomic mass is 10.2. The Bertz CT molecular complexity index is 321. The minimum Gasteiger partial charge on any atom is -0.488 e. The first-order chi connectivity index (χ1) is 7.90. The van der Waals surface area contributed by atoms with Gasteiger partial charge in [0.05, 0.1) is 13.2 Å². The number of hydrogen-bond donors (Lipinski definition) is 1. The van der Waals surface area contributed by atoms with Gasteiger partial charge in [0.25, 0.3) is 0 Å². The fraction of sp³-hybridized carbons (Fsp3) is 0.538. The molecule has 88 valence electrons. The van der Waals surface area contributed by atoms with E-state index in [2.05, 4.69) is 18.3 Å². The highest BCUT2D eigenvalue weighted by Crippen LogP contribution is 2.21. The molecule has 1 N–H and O–H groups in total. The Morgan fingerprint density at radius 1 is 1.44 bits per heavy atom. The van der Waals surface area contributed by atoms with Crippen molar-refractivity contribution in [2.45, 2.75) is 26.0 Å². The molecule has 0 amide bonds. The van der Waals surface area contributed by atoms with E-state index in [9.17, 15) is 0 Å². The van der Waals surface area contributed by atoms with Crippen LogP contribution >= 0.6 is 0 Å². The van der Waals surface area contributed by atoms with Crippen LogP contribution in [-0.4, -0.2) is 25.9 Å². The zero-order valence-electron chi connectivity index (χ0n) is 9.74. The Morgan fingerprint density at radius 2 is 2.31 bits per heavy atom. The first-order valence-electron chi connectivity index (χ1n) is 5.93. The van der Waals surface area contributed by atoms with Gasteiger partial charge in [-0.05, 0) is 12.6 Å². The van der Waals surface area contributed by atoms with Crippen molar-refractivity contribution in [3.63, 3.8) is 0 Å². The van der Waals surface area contributed by atoms with E-state index in [-0.39, 0.29) is 6.10 Å². The Labute approximate surface area is 96.8 Å². The Hall–Kier alpha value is -1.06. The van der Waals surface area contributed by atoms with Crippen LogP contribution in [0.1, 0.15) is 18.9 Å². The summed E-state index contributed by atoms with van der Waals surface area (Å²) >= 11 is 0. The van der Waals surface area contributed by atoms with Crippen LogP contribution in [0.2, 0.25) is 0 Å². The molecule has 0 aromatic heterocycles. The van der Waals surface area contributed by atoms with Crippen molar-refractivity contribution in [3.05, 3.63) is 29.8 Å². The average Bonchev–Trinajstić information content (AvgIpc) is 2.81. The lowest BCUT2D eigenvalue weighted by Gasteiger charge is -2.15. The highest BCUT2D eigenvalue weighted by atomic mass is 16.5. The van der Waals surface area contributed by atoms with Crippen molar-refractivity contribution in [2.75, 3.05) is 19.8 Å². The summed E-state index contributed by atoms with van der Waals surface area (Å²) in [7, 11) is 0. The topological polar surface area (TPSA) is 30.5 Å². The van der Waals surface area contributed by atoms with Crippen molar-refractivity contribution >= 4 is 0 Å². The van der Waals surface area contributed by atoms with E-state index in [1.165, 1.54) is 5.56 Å². The predicted molar refractivity (Wildman–Crippen MR) is 63.7 cm³/mol. The van der Waals surface area contributed by atoms with Gasteiger partial charge in [-0.3, -0.25) is 0 Å². The van der Waals surface area contributed by atoms with Gasteiger partial charge in [-0.15, -0.1) is 0 Å². The normalized spacial score (nSPS) is 19.9. The maximum Gasteiger partial charge on any atom is 0.124 e. The van der Waals surface area contributed by atoms with Gasteiger partial charge < -0.3 is 14.8 Å². The molecule has 2 rings (SSSR count). The van der Waals surface area contributed by atoms with Gasteiger partial charge in [0, 0.05) is 18.5 Å². The second-order valence-electron chi connectivity index (χ2n) is 3.99. The van der Waals surface area contributed by atoms with E-state index in [1.54, 1.807) is 0 Å². The van der Waals surface area contributed by atoms with Gasteiger partial charge in [0.1, 0.15) is 11.9 Å². The molecule has 16 heavy (non-hydrogen) atoms. The SMILES string of the molecule is CCNCc1ccccc1OC1CCOC1. The molecule has 0 spiro atoms. The van der Waals surface area contributed by atoms with Gasteiger partial charge in [-0.25, -0.2) is 0 Å². The van der Waals surface area contributed by atoms with Gasteiger partial charge in [0.15, 0.2) is 0 Å². The molecule has 0 radical (unpaired) electrons. The third-order valence-electron chi connectivity index (χ3n) is 2.72. The minimum atomic E-state index is 0.225. The largest absolute Gasteiger partial charge is 0.488 e. The lowest BCUT2D eigenvalue weighted by Crippen LogP contribution is -2.18. The van der Waals surface area contributed by atoms with Crippen molar-refractivity contribution in [1.29, 1.82) is 0 Å². The maximum absolute atomic E-state index is 5.94. The zero-order valence-corrected chi connectivity index (χ0v) is 9.74. The molecule has 1 fully saturated rings. The van der Waals surface area contributed by atoms with Crippen molar-refractivity contribution in [1.82, 2.24) is 5.32 Å². The quantitative estimate of drug-likeness (QED) is 0.824. The molecule has 1 aliphatic heterocycles. The molecular formula is C13H19NO2. The van der Waals surface area contributed by atoms with Gasteiger partial charge in [0.2, 0.25) is 0 Å². The number of nitrogens with one attached hydrogen (secondary N) is 1. The number of rotatable bonds is 5. The van der Waals surface area contributed by atoms with Crippen molar-refractivity contribution in [3.8, 4) is 5.75 Å². The van der Waals surface area contributed by atoms with Crippen LogP contribution in [0.15, 0.2) is 24.3 Å². The zero-order chi connectivity index (χ0) is 11.2. The summed E-state index contributed by atoms with van der Waals surface area (Å²) in [5, 5.41) is 3.32. The Balaban J connectivity index is 2.00. The number of hydrogen-bond acceptors (Lipinski definition) is 3. The molecule has 1 atom stereocenters. The fourth-order valence-electron chi connectivity index (χ4n) is 1.81. The number of benzene rings is 1. The van der Waals surface area contributed by atoms with E-state index < -0.39 is 0 Å². The first kappa shape index (κ1) is 11.4. The van der Waals surface area contributed by atoms with Gasteiger partial charge in [-0.2, -0.15) is 0 Å². The minimum absolute atomic E-state index is 0.225. The molecule has 3 nitrogen and oxygen atoms in total. The predicted octanol–water partition coefficient (Wildman–Crippen LogP) is 1.96. The van der Waals surface area contributed by atoms with E-state index in [0.29, 0.717) is 0 Å². The molecule has 1 aromatic rings. The smallest absolute Gasteiger partial charge is 0.124 e. The molecule has 1 heterocycles. The average molecular weight is 221 g/mol. The van der Waals surface area contributed by atoms with Crippen LogP contribution in [0.3, 0.4) is 0 Å². The van der Waals surface area contributed by atoms with E-state index in [1.807, 2.05) is 18.2 Å². The molecule has 0 aliphatic carbocycles. The summed E-state index contributed by atoms with van der Waals surface area (Å²) < 4.78 is 11.2. The summed E-state index contributed by atoms with van der Waals surface area (Å²) in [5.74, 6) is 0.985. The van der Waals surface area contributed by atoms with Crippen LogP contribution in [-0.2, 0) is 11.3 Å². The molecule has 1 aromatic carbocycles. The van der Waals surface area contributed by atoms with E-state index >= 15 is 0 Å². The van der Waals surface area contributed by atoms with Crippen molar-refractivity contribution < 1.29 is 9.47 Å². The molecule has 0 saturated carbocycles. The Morgan fingerprint density at radius 3 is 3.06 bits per heavy atom. The summed E-state index contributed by atoms with van der Waals surface area (Å²) in [5.41, 5.74) is 1.22. The summed E-state index contributed by atoms with van der Waals surface area (Å²) in [6.07, 6.45) is 1.22. The number of para-hydroxylation sites is 1. The van der Waals surface area contributed by atoms with Crippen LogP contribution < -0.4 is 10.1 Å². The third kappa shape index (κ3) is 2.97. The molecule has 1 aliphatic rings. The first-order valence-corrected chi connectivity index (χ1v) is 5.93. The van der Waals surface area contributed by atoms with Crippen LogP contribution in [0, 0.1) is 0 Å². The van der Waals surface area contributed by atoms with E-state index in [4.69, 9.17) is 9.47 Å². The molecule has 3 heteroatoms. The molecule has 0 bridgehead atoms. The summed E-state index contributed by atoms with van der Waals surface area (Å²) in [6.45, 7) is 5.48. The lowest BCUT2D eigenvalue weighted by molar-refractivity contribution is 0.140. The highest BCUT2D eigenvalue weighted by molar-refractivity contribution is 5.33. The maximum atomic E-state index is 5.94. The monoisotopic (exact) mass is 221 g/mol. The fourth-order valence-corrected chi connectivity index (χ4v) is 1.81. The summed E-state index contributed by atoms with van der Waals surface area (Å²) in [6, 6.07) is 8.20. The van der Waals surface area contributed by atoms with Gasteiger partial charge >= 0.3 is 0 Å². The highest BCUT2D eigenvalue weighted by Gasteiger charge is 2.18. The van der Waals surface area contributed by atoms with Crippen LogP contribution in [0.4, 0.5) is 0 Å². The molecule has 1 unspecified atom stereocenters. The standard InChI is InChI=1S/C13H19NO2/c1-2-14-9-11-5-3-4-6-13(11)16-12-7-8-15-10-12/h3-6,12,14H,2,7-10H2,1H3. The van der Waals surface area contributed by atoms with Crippen molar-refractivity contribution in [2.24, 2.45) is 0 Å². The third-order valence-corrected chi connectivity index (χ3v) is 2.72. The summed E-state index contributed by atoms with van der Waals surface area (Å²) in [4.78, 5) is 0. The molecule has 1 saturated heterocycles. The second-order valence-corrected chi connectivity index (χ2v) is 3.99. The molecular weight excluding hydrogens is 202 g/mol. The second kappa shape index (κ2) is 5.87. The van der Waals surface area contributed by atoms with Crippen LogP contribution in [0.25, 0.3) is 0 Å². The van der Waals surface area contributed by atoms with E-state index in [0.717, 1.165) is 38.5 Å². The number of ether oxygens (including phenoxy) is 2. The Kier molecular flexibility index (Phi) is 4.19. The van der Waals surface area contributed by atoms with Crippen LogP contribution in [0.5, 0.6) is 5.75 Å². The van der Waals surface area contributed by atoms with Gasteiger partial charge in [-0.1, -0.05) is 25.1 Å².